The summed E-state index contributed by atoms with van der Waals surface area (Å²) in [6.07, 6.45) is 10.5. The van der Waals surface area contributed by atoms with Crippen molar-refractivity contribution >= 4 is 0 Å². The summed E-state index contributed by atoms with van der Waals surface area (Å²) in [6, 6.07) is 0. The van der Waals surface area contributed by atoms with Gasteiger partial charge in [-0.1, -0.05) is 59.3 Å². The third-order valence-corrected chi connectivity index (χ3v) is 5.54. The van der Waals surface area contributed by atoms with E-state index in [0.29, 0.717) is 5.92 Å². The lowest BCUT2D eigenvalue weighted by Gasteiger charge is -2.44. The van der Waals surface area contributed by atoms with Crippen LogP contribution < -0.4 is 0 Å². The minimum absolute atomic E-state index is 0.203. The predicted octanol–water partition coefficient (Wildman–Crippen LogP) is 6.39. The van der Waals surface area contributed by atoms with Gasteiger partial charge in [0, 0.05) is 0 Å². The van der Waals surface area contributed by atoms with Crippen LogP contribution in [-0.2, 0) is 0 Å². The number of alkyl halides is 1. The van der Waals surface area contributed by atoms with Crippen molar-refractivity contribution in [1.82, 2.24) is 0 Å². The van der Waals surface area contributed by atoms with Gasteiger partial charge in [-0.3, -0.25) is 0 Å². The van der Waals surface area contributed by atoms with Crippen LogP contribution in [0.5, 0.6) is 0 Å². The molecule has 0 aromatic carbocycles. The predicted molar refractivity (Wildman–Crippen MR) is 83.1 cm³/mol. The first-order chi connectivity index (χ1) is 8.91. The van der Waals surface area contributed by atoms with Crippen LogP contribution in [0.25, 0.3) is 0 Å². The molecule has 0 bridgehead atoms. The smallest absolute Gasteiger partial charge is 0.108 e. The Balaban J connectivity index is 2.79. The number of unbranched alkanes of at least 4 members (excludes halogenated alkanes) is 1. The second kappa shape index (κ2) is 7.64. The van der Waals surface area contributed by atoms with Gasteiger partial charge in [-0.25, -0.2) is 4.39 Å². The van der Waals surface area contributed by atoms with Gasteiger partial charge in [0.1, 0.15) is 5.67 Å². The monoisotopic (exact) mass is 270 g/mol. The van der Waals surface area contributed by atoms with E-state index in [1.54, 1.807) is 13.8 Å². The van der Waals surface area contributed by atoms with Gasteiger partial charge in [0.15, 0.2) is 0 Å². The number of halogens is 1. The highest BCUT2D eigenvalue weighted by atomic mass is 19.1. The largest absolute Gasteiger partial charge is 0.244 e. The van der Waals surface area contributed by atoms with Crippen LogP contribution in [-0.4, -0.2) is 5.67 Å². The fourth-order valence-electron chi connectivity index (χ4n) is 4.14. The molecule has 0 amide bonds. The SMILES string of the molecule is CCCCC1C(CCC)CCCC1C(C)C(C)(C)F. The van der Waals surface area contributed by atoms with Gasteiger partial charge in [0.05, 0.1) is 0 Å². The molecule has 1 fully saturated rings. The Labute approximate surface area is 120 Å². The normalized spacial score (nSPS) is 30.3. The molecule has 114 valence electrons. The molecule has 19 heavy (non-hydrogen) atoms. The van der Waals surface area contributed by atoms with E-state index in [1.807, 2.05) is 0 Å². The van der Waals surface area contributed by atoms with Gasteiger partial charge in [0.2, 0.25) is 0 Å². The average Bonchev–Trinajstić information content (AvgIpc) is 2.35. The molecule has 0 N–H and O–H groups in total. The van der Waals surface area contributed by atoms with E-state index in [4.69, 9.17) is 0 Å². The van der Waals surface area contributed by atoms with Crippen molar-refractivity contribution in [2.45, 2.75) is 91.7 Å². The van der Waals surface area contributed by atoms with Crippen LogP contribution in [0.15, 0.2) is 0 Å². The zero-order chi connectivity index (χ0) is 14.5. The molecule has 0 radical (unpaired) electrons. The molecule has 1 rings (SSSR count). The van der Waals surface area contributed by atoms with Gasteiger partial charge in [-0.2, -0.15) is 0 Å². The Hall–Kier alpha value is -0.0700. The summed E-state index contributed by atoms with van der Waals surface area (Å²) >= 11 is 0. The lowest BCUT2D eigenvalue weighted by molar-refractivity contribution is 0.0145. The highest BCUT2D eigenvalue weighted by Crippen LogP contribution is 2.46. The molecule has 4 unspecified atom stereocenters. The molecule has 0 nitrogen and oxygen atoms in total. The lowest BCUT2D eigenvalue weighted by atomic mass is 9.62. The minimum atomic E-state index is -1.02. The van der Waals surface area contributed by atoms with E-state index in [0.717, 1.165) is 11.8 Å². The van der Waals surface area contributed by atoms with Crippen LogP contribution in [0, 0.1) is 23.7 Å². The molecule has 0 saturated heterocycles. The molecule has 0 aliphatic heterocycles. The maximum atomic E-state index is 14.4. The van der Waals surface area contributed by atoms with Crippen molar-refractivity contribution in [3.63, 3.8) is 0 Å². The Bertz CT molecular complexity index is 239. The molecule has 0 aromatic heterocycles. The first-order valence-corrected chi connectivity index (χ1v) is 8.60. The standard InChI is InChI=1S/C18H35F/c1-6-8-12-17-15(10-7-2)11-9-13-16(17)14(3)18(4,5)19/h14-17H,6-13H2,1-5H3. The molecular formula is C18H35F. The second-order valence-corrected chi connectivity index (χ2v) is 7.30. The Morgan fingerprint density at radius 1 is 1.11 bits per heavy atom. The number of hydrogen-bond donors (Lipinski definition) is 0. The number of rotatable bonds is 7. The third-order valence-electron chi connectivity index (χ3n) is 5.54. The third kappa shape index (κ3) is 4.76. The fourth-order valence-corrected chi connectivity index (χ4v) is 4.14. The van der Waals surface area contributed by atoms with E-state index < -0.39 is 5.67 Å². The quantitative estimate of drug-likeness (QED) is 0.502. The molecule has 0 spiro atoms. The van der Waals surface area contributed by atoms with Crippen molar-refractivity contribution in [3.8, 4) is 0 Å². The van der Waals surface area contributed by atoms with E-state index in [1.165, 1.54) is 51.4 Å². The van der Waals surface area contributed by atoms with Crippen molar-refractivity contribution < 1.29 is 4.39 Å². The van der Waals surface area contributed by atoms with Crippen molar-refractivity contribution in [2.24, 2.45) is 23.7 Å². The highest BCUT2D eigenvalue weighted by molar-refractivity contribution is 4.90. The van der Waals surface area contributed by atoms with Crippen LogP contribution in [0.4, 0.5) is 4.39 Å². The molecule has 0 aromatic rings. The molecule has 1 aliphatic rings. The maximum absolute atomic E-state index is 14.4. The van der Waals surface area contributed by atoms with Gasteiger partial charge >= 0.3 is 0 Å². The second-order valence-electron chi connectivity index (χ2n) is 7.30. The van der Waals surface area contributed by atoms with Crippen molar-refractivity contribution in [1.29, 1.82) is 0 Å². The summed E-state index contributed by atoms with van der Waals surface area (Å²) in [5.74, 6) is 2.45. The summed E-state index contributed by atoms with van der Waals surface area (Å²) < 4.78 is 14.4. The molecule has 1 aliphatic carbocycles. The summed E-state index contributed by atoms with van der Waals surface area (Å²) in [7, 11) is 0. The van der Waals surface area contributed by atoms with Crippen molar-refractivity contribution in [3.05, 3.63) is 0 Å². The van der Waals surface area contributed by atoms with Crippen LogP contribution >= 0.6 is 0 Å². The zero-order valence-corrected chi connectivity index (χ0v) is 13.8. The maximum Gasteiger partial charge on any atom is 0.108 e. The summed E-state index contributed by atoms with van der Waals surface area (Å²) in [5, 5.41) is 0. The molecular weight excluding hydrogens is 235 g/mol. The van der Waals surface area contributed by atoms with E-state index in [-0.39, 0.29) is 5.92 Å². The Morgan fingerprint density at radius 3 is 2.32 bits per heavy atom. The van der Waals surface area contributed by atoms with E-state index >= 15 is 0 Å². The summed E-state index contributed by atoms with van der Waals surface area (Å²) in [6.45, 7) is 10.3. The topological polar surface area (TPSA) is 0 Å². The fraction of sp³-hybridized carbons (Fsp3) is 1.00. The van der Waals surface area contributed by atoms with E-state index in [2.05, 4.69) is 20.8 Å². The van der Waals surface area contributed by atoms with Gasteiger partial charge in [-0.05, 0) is 50.4 Å². The van der Waals surface area contributed by atoms with Gasteiger partial charge in [-0.15, -0.1) is 0 Å². The van der Waals surface area contributed by atoms with Gasteiger partial charge in [0.25, 0.3) is 0 Å². The van der Waals surface area contributed by atoms with E-state index in [9.17, 15) is 4.39 Å². The average molecular weight is 270 g/mol. The Kier molecular flexibility index (Phi) is 6.83. The highest BCUT2D eigenvalue weighted by Gasteiger charge is 2.40. The van der Waals surface area contributed by atoms with Crippen LogP contribution in [0.1, 0.15) is 86.0 Å². The Morgan fingerprint density at radius 2 is 1.79 bits per heavy atom. The van der Waals surface area contributed by atoms with Crippen molar-refractivity contribution in [2.75, 3.05) is 0 Å². The zero-order valence-electron chi connectivity index (χ0n) is 13.8. The van der Waals surface area contributed by atoms with Gasteiger partial charge < -0.3 is 0 Å². The lowest BCUT2D eigenvalue weighted by Crippen LogP contribution is -2.39. The molecule has 1 heteroatoms. The number of hydrogen-bond acceptors (Lipinski definition) is 0. The molecule has 0 heterocycles. The van der Waals surface area contributed by atoms with Crippen LogP contribution in [0.2, 0.25) is 0 Å². The summed E-state index contributed by atoms with van der Waals surface area (Å²) in [4.78, 5) is 0. The molecule has 4 atom stereocenters. The minimum Gasteiger partial charge on any atom is -0.244 e. The van der Waals surface area contributed by atoms with Crippen LogP contribution in [0.3, 0.4) is 0 Å². The first kappa shape index (κ1) is 17.0. The first-order valence-electron chi connectivity index (χ1n) is 8.60. The summed E-state index contributed by atoms with van der Waals surface area (Å²) in [5.41, 5.74) is -1.02. The molecule has 1 saturated carbocycles.